The van der Waals surface area contributed by atoms with Crippen LogP contribution < -0.4 is 10.2 Å². The van der Waals surface area contributed by atoms with E-state index in [1.165, 1.54) is 0 Å². The van der Waals surface area contributed by atoms with E-state index in [4.69, 9.17) is 9.72 Å². The van der Waals surface area contributed by atoms with Gasteiger partial charge in [0.05, 0.1) is 13.2 Å². The van der Waals surface area contributed by atoms with Gasteiger partial charge in [-0.15, -0.1) is 10.2 Å². The van der Waals surface area contributed by atoms with Gasteiger partial charge in [-0.05, 0) is 24.3 Å². The highest BCUT2D eigenvalue weighted by molar-refractivity contribution is 6.04. The number of ether oxygens (including phenoxy) is 1. The molecule has 30 heavy (non-hydrogen) atoms. The lowest BCUT2D eigenvalue weighted by Gasteiger charge is -2.27. The van der Waals surface area contributed by atoms with Crippen molar-refractivity contribution in [1.29, 1.82) is 0 Å². The van der Waals surface area contributed by atoms with Crippen molar-refractivity contribution in [3.05, 3.63) is 72.6 Å². The number of hydrogen-bond acceptors (Lipinski definition) is 6. The van der Waals surface area contributed by atoms with Crippen molar-refractivity contribution >= 4 is 23.2 Å². The molecule has 1 aliphatic rings. The van der Waals surface area contributed by atoms with Crippen molar-refractivity contribution in [2.75, 3.05) is 36.5 Å². The highest BCUT2D eigenvalue weighted by Gasteiger charge is 2.19. The highest BCUT2D eigenvalue weighted by atomic mass is 16.5. The number of fused-ring (bicyclic) bond motifs is 1. The third-order valence-corrected chi connectivity index (χ3v) is 5.03. The number of anilines is 2. The number of carbonyl (C=O) groups excluding carboxylic acids is 1. The number of pyridine rings is 1. The molecule has 0 bridgehead atoms. The Balaban J connectivity index is 1.44. The van der Waals surface area contributed by atoms with Crippen molar-refractivity contribution < 1.29 is 9.53 Å². The maximum absolute atomic E-state index is 12.9. The van der Waals surface area contributed by atoms with Crippen molar-refractivity contribution in [2.45, 2.75) is 0 Å². The zero-order chi connectivity index (χ0) is 20.3. The van der Waals surface area contributed by atoms with E-state index in [-0.39, 0.29) is 11.6 Å². The minimum absolute atomic E-state index is 0.247. The second-order valence-electron chi connectivity index (χ2n) is 6.93. The number of hydrogen-bond donors (Lipinski definition) is 1. The van der Waals surface area contributed by atoms with E-state index in [1.807, 2.05) is 65.2 Å². The molecule has 1 fully saturated rings. The fourth-order valence-corrected chi connectivity index (χ4v) is 3.49. The first-order valence-corrected chi connectivity index (χ1v) is 9.80. The summed E-state index contributed by atoms with van der Waals surface area (Å²) in [4.78, 5) is 19.7. The summed E-state index contributed by atoms with van der Waals surface area (Å²) in [5.74, 6) is 1.01. The minimum atomic E-state index is -0.334. The lowest BCUT2D eigenvalue weighted by atomic mass is 10.1. The number of imidazole rings is 1. The van der Waals surface area contributed by atoms with Crippen LogP contribution in [-0.4, -0.2) is 51.8 Å². The standard InChI is InChI=1S/C22H20N6O2/c29-22(17-9-10-19(26-25-17)27-12-14-30-15-13-27)24-21-20(16-6-2-1-3-7-16)23-18-8-4-5-11-28(18)21/h1-11H,12-15H2,(H,24,29). The molecule has 0 saturated carbocycles. The zero-order valence-corrected chi connectivity index (χ0v) is 16.2. The van der Waals surface area contributed by atoms with Gasteiger partial charge >= 0.3 is 0 Å². The molecule has 0 aliphatic carbocycles. The fraction of sp³-hybridized carbons (Fsp3) is 0.182. The largest absolute Gasteiger partial charge is 0.378 e. The first kappa shape index (κ1) is 18.3. The number of nitrogens with one attached hydrogen (secondary N) is 1. The monoisotopic (exact) mass is 400 g/mol. The summed E-state index contributed by atoms with van der Waals surface area (Å²) < 4.78 is 7.22. The molecule has 0 spiro atoms. The summed E-state index contributed by atoms with van der Waals surface area (Å²) in [6, 6.07) is 19.0. The third kappa shape index (κ3) is 3.48. The zero-order valence-electron chi connectivity index (χ0n) is 16.2. The normalized spacial score (nSPS) is 14.1. The number of morpholine rings is 1. The highest BCUT2D eigenvalue weighted by Crippen LogP contribution is 2.28. The van der Waals surface area contributed by atoms with Gasteiger partial charge in [-0.3, -0.25) is 9.20 Å². The van der Waals surface area contributed by atoms with Gasteiger partial charge in [-0.2, -0.15) is 0 Å². The molecule has 1 N–H and O–H groups in total. The quantitative estimate of drug-likeness (QED) is 0.567. The van der Waals surface area contributed by atoms with Crippen LogP contribution in [0, 0.1) is 0 Å². The summed E-state index contributed by atoms with van der Waals surface area (Å²) in [6.45, 7) is 2.87. The Morgan fingerprint density at radius 3 is 2.50 bits per heavy atom. The van der Waals surface area contributed by atoms with Gasteiger partial charge in [-0.25, -0.2) is 4.98 Å². The average Bonchev–Trinajstić information content (AvgIpc) is 3.19. The average molecular weight is 400 g/mol. The first-order chi connectivity index (χ1) is 14.8. The van der Waals surface area contributed by atoms with Crippen LogP contribution in [0.1, 0.15) is 10.5 Å². The fourth-order valence-electron chi connectivity index (χ4n) is 3.49. The van der Waals surface area contributed by atoms with Crippen LogP contribution in [0.15, 0.2) is 66.9 Å². The minimum Gasteiger partial charge on any atom is -0.378 e. The topological polar surface area (TPSA) is 84.7 Å². The van der Waals surface area contributed by atoms with E-state index in [0.29, 0.717) is 24.7 Å². The molecule has 0 radical (unpaired) electrons. The molecule has 1 aromatic carbocycles. The molecule has 0 unspecified atom stereocenters. The third-order valence-electron chi connectivity index (χ3n) is 5.03. The lowest BCUT2D eigenvalue weighted by molar-refractivity contribution is 0.102. The van der Waals surface area contributed by atoms with E-state index >= 15 is 0 Å². The van der Waals surface area contributed by atoms with Crippen LogP contribution in [-0.2, 0) is 4.74 Å². The number of rotatable bonds is 4. The summed E-state index contributed by atoms with van der Waals surface area (Å²) in [5, 5.41) is 11.3. The van der Waals surface area contributed by atoms with Crippen LogP contribution >= 0.6 is 0 Å². The van der Waals surface area contributed by atoms with Crippen LogP contribution in [0.4, 0.5) is 11.6 Å². The van der Waals surface area contributed by atoms with Gasteiger partial charge in [0.1, 0.15) is 17.2 Å². The van der Waals surface area contributed by atoms with E-state index in [1.54, 1.807) is 6.07 Å². The molecule has 4 heterocycles. The number of amides is 1. The Labute approximate surface area is 173 Å². The number of nitrogens with zero attached hydrogens (tertiary/aromatic N) is 5. The summed E-state index contributed by atoms with van der Waals surface area (Å²) >= 11 is 0. The molecule has 1 amide bonds. The van der Waals surface area contributed by atoms with Crippen molar-refractivity contribution in [2.24, 2.45) is 0 Å². The first-order valence-electron chi connectivity index (χ1n) is 9.80. The SMILES string of the molecule is O=C(Nc1c(-c2ccccc2)nc2ccccn12)c1ccc(N2CCOCC2)nn1. The second-order valence-corrected chi connectivity index (χ2v) is 6.93. The predicted molar refractivity (Wildman–Crippen MR) is 114 cm³/mol. The maximum atomic E-state index is 12.9. The lowest BCUT2D eigenvalue weighted by Crippen LogP contribution is -2.37. The predicted octanol–water partition coefficient (Wildman–Crippen LogP) is 2.88. The molecule has 0 atom stereocenters. The second kappa shape index (κ2) is 7.92. The van der Waals surface area contributed by atoms with Gasteiger partial charge in [-0.1, -0.05) is 36.4 Å². The van der Waals surface area contributed by atoms with Crippen LogP contribution in [0.5, 0.6) is 0 Å². The molecule has 4 aromatic rings. The maximum Gasteiger partial charge on any atom is 0.277 e. The van der Waals surface area contributed by atoms with Crippen LogP contribution in [0.3, 0.4) is 0 Å². The molecule has 8 nitrogen and oxygen atoms in total. The van der Waals surface area contributed by atoms with Gasteiger partial charge in [0.2, 0.25) is 0 Å². The van der Waals surface area contributed by atoms with E-state index < -0.39 is 0 Å². The molecular formula is C22H20N6O2. The molecule has 1 saturated heterocycles. The molecule has 5 rings (SSSR count). The number of aromatic nitrogens is 4. The Bertz CT molecular complexity index is 1170. The van der Waals surface area contributed by atoms with Crippen molar-refractivity contribution in [1.82, 2.24) is 19.6 Å². The van der Waals surface area contributed by atoms with E-state index in [2.05, 4.69) is 20.4 Å². The molecule has 8 heteroatoms. The van der Waals surface area contributed by atoms with Crippen molar-refractivity contribution in [3.63, 3.8) is 0 Å². The molecule has 150 valence electrons. The van der Waals surface area contributed by atoms with E-state index in [0.717, 1.165) is 30.1 Å². The summed E-state index contributed by atoms with van der Waals surface area (Å²) in [7, 11) is 0. The molecular weight excluding hydrogens is 380 g/mol. The van der Waals surface area contributed by atoms with Crippen molar-refractivity contribution in [3.8, 4) is 11.3 Å². The summed E-state index contributed by atoms with van der Waals surface area (Å²) in [5.41, 5.74) is 2.62. The molecule has 3 aromatic heterocycles. The van der Waals surface area contributed by atoms with E-state index in [9.17, 15) is 4.79 Å². The Morgan fingerprint density at radius 2 is 1.73 bits per heavy atom. The van der Waals surface area contributed by atoms with Gasteiger partial charge in [0, 0.05) is 24.8 Å². The summed E-state index contributed by atoms with van der Waals surface area (Å²) in [6.07, 6.45) is 1.87. The van der Waals surface area contributed by atoms with Gasteiger partial charge in [0.25, 0.3) is 5.91 Å². The Morgan fingerprint density at radius 1 is 0.933 bits per heavy atom. The molecule has 1 aliphatic heterocycles. The number of carbonyl (C=O) groups is 1. The smallest absolute Gasteiger partial charge is 0.277 e. The van der Waals surface area contributed by atoms with Crippen LogP contribution in [0.2, 0.25) is 0 Å². The van der Waals surface area contributed by atoms with Gasteiger partial charge in [0.15, 0.2) is 11.5 Å². The Hall–Kier alpha value is -3.78. The number of benzene rings is 1. The van der Waals surface area contributed by atoms with Gasteiger partial charge < -0.3 is 15.0 Å². The Kier molecular flexibility index (Phi) is 4.82. The van der Waals surface area contributed by atoms with Crippen LogP contribution in [0.25, 0.3) is 16.9 Å².